The summed E-state index contributed by atoms with van der Waals surface area (Å²) in [4.78, 5) is 8.75. The molecule has 3 rings (SSSR count). The van der Waals surface area contributed by atoms with E-state index in [0.29, 0.717) is 22.5 Å². The molecule has 0 unspecified atom stereocenters. The molecule has 1 heterocycles. The van der Waals surface area contributed by atoms with Crippen molar-refractivity contribution in [2.24, 2.45) is 0 Å². The number of rotatable bonds is 5. The minimum atomic E-state index is 0.513. The molecule has 0 spiro atoms. The van der Waals surface area contributed by atoms with Crippen molar-refractivity contribution in [3.8, 4) is 5.75 Å². The van der Waals surface area contributed by atoms with E-state index in [1.54, 1.807) is 25.4 Å². The third-order valence-corrected chi connectivity index (χ3v) is 4.11. The predicted molar refractivity (Wildman–Crippen MR) is 103 cm³/mol. The highest BCUT2D eigenvalue weighted by atomic mass is 35.5. The molecule has 128 valence electrons. The molecular weight excluding hydrogens is 336 g/mol. The zero-order valence-electron chi connectivity index (χ0n) is 14.3. The van der Waals surface area contributed by atoms with Crippen LogP contribution in [-0.4, -0.2) is 17.1 Å². The maximum absolute atomic E-state index is 6.15. The number of nitrogens with one attached hydrogen (secondary N) is 2. The molecule has 0 aliphatic carbocycles. The monoisotopic (exact) mass is 354 g/mol. The lowest BCUT2D eigenvalue weighted by molar-refractivity contribution is 0.416. The number of aryl methyl sites for hydroxylation is 2. The number of ether oxygens (including phenoxy) is 1. The van der Waals surface area contributed by atoms with E-state index in [9.17, 15) is 0 Å². The van der Waals surface area contributed by atoms with Crippen LogP contribution in [-0.2, 0) is 0 Å². The van der Waals surface area contributed by atoms with Crippen LogP contribution in [0.15, 0.2) is 48.7 Å². The average Bonchev–Trinajstić information content (AvgIpc) is 2.60. The van der Waals surface area contributed by atoms with Gasteiger partial charge in [-0.2, -0.15) is 4.98 Å². The van der Waals surface area contributed by atoms with Gasteiger partial charge in [-0.15, -0.1) is 0 Å². The summed E-state index contributed by atoms with van der Waals surface area (Å²) in [6, 6.07) is 13.6. The van der Waals surface area contributed by atoms with Crippen molar-refractivity contribution in [2.75, 3.05) is 17.7 Å². The fourth-order valence-corrected chi connectivity index (χ4v) is 2.48. The summed E-state index contributed by atoms with van der Waals surface area (Å²) >= 11 is 6.15. The van der Waals surface area contributed by atoms with Crippen molar-refractivity contribution in [1.82, 2.24) is 9.97 Å². The summed E-state index contributed by atoms with van der Waals surface area (Å²) in [6.45, 7) is 3.99. The van der Waals surface area contributed by atoms with Gasteiger partial charge in [-0.25, -0.2) is 4.98 Å². The molecule has 25 heavy (non-hydrogen) atoms. The van der Waals surface area contributed by atoms with Crippen LogP contribution >= 0.6 is 11.6 Å². The molecule has 0 bridgehead atoms. The standard InChI is InChI=1S/C19H19ClN4O/c1-12-4-6-14(7-5-12)22-19-21-9-8-18(24-19)23-16-10-13(2)15(20)11-17(16)25-3/h4-11H,1-3H3,(H2,21,22,23,24). The molecule has 0 fully saturated rings. The normalized spacial score (nSPS) is 10.4. The number of benzene rings is 2. The maximum Gasteiger partial charge on any atom is 0.229 e. The van der Waals surface area contributed by atoms with E-state index in [-0.39, 0.29) is 0 Å². The molecule has 2 N–H and O–H groups in total. The summed E-state index contributed by atoms with van der Waals surface area (Å²) < 4.78 is 5.38. The number of methoxy groups -OCH3 is 1. The van der Waals surface area contributed by atoms with Gasteiger partial charge in [-0.05, 0) is 43.7 Å². The molecule has 0 saturated carbocycles. The van der Waals surface area contributed by atoms with Crippen molar-refractivity contribution in [2.45, 2.75) is 13.8 Å². The van der Waals surface area contributed by atoms with Crippen LogP contribution in [0.5, 0.6) is 5.75 Å². The van der Waals surface area contributed by atoms with Gasteiger partial charge in [0, 0.05) is 23.0 Å². The summed E-state index contributed by atoms with van der Waals surface area (Å²) in [6.07, 6.45) is 1.70. The number of nitrogens with zero attached hydrogens (tertiary/aromatic N) is 2. The zero-order chi connectivity index (χ0) is 17.8. The Bertz CT molecular complexity index is 881. The minimum Gasteiger partial charge on any atom is -0.495 e. The van der Waals surface area contributed by atoms with E-state index in [1.165, 1.54) is 5.56 Å². The van der Waals surface area contributed by atoms with Crippen molar-refractivity contribution in [3.63, 3.8) is 0 Å². The van der Waals surface area contributed by atoms with Crippen LogP contribution in [0, 0.1) is 13.8 Å². The highest BCUT2D eigenvalue weighted by Crippen LogP contribution is 2.32. The molecule has 1 aromatic heterocycles. The van der Waals surface area contributed by atoms with Crippen LogP contribution in [0.2, 0.25) is 5.02 Å². The van der Waals surface area contributed by atoms with Crippen molar-refractivity contribution in [3.05, 3.63) is 64.8 Å². The highest BCUT2D eigenvalue weighted by Gasteiger charge is 2.08. The molecule has 0 aliphatic rings. The first kappa shape index (κ1) is 17.0. The Morgan fingerprint density at radius 3 is 2.48 bits per heavy atom. The second-order valence-electron chi connectivity index (χ2n) is 5.68. The number of halogens is 1. The van der Waals surface area contributed by atoms with E-state index in [0.717, 1.165) is 16.9 Å². The Kier molecular flexibility index (Phi) is 5.05. The van der Waals surface area contributed by atoms with E-state index in [4.69, 9.17) is 16.3 Å². The average molecular weight is 355 g/mol. The number of hydrogen-bond donors (Lipinski definition) is 2. The lowest BCUT2D eigenvalue weighted by Crippen LogP contribution is -2.01. The Balaban J connectivity index is 1.82. The molecule has 5 nitrogen and oxygen atoms in total. The first-order valence-electron chi connectivity index (χ1n) is 7.83. The molecule has 0 atom stereocenters. The summed E-state index contributed by atoms with van der Waals surface area (Å²) in [5, 5.41) is 7.10. The Morgan fingerprint density at radius 1 is 1.00 bits per heavy atom. The largest absolute Gasteiger partial charge is 0.495 e. The van der Waals surface area contributed by atoms with Gasteiger partial charge < -0.3 is 15.4 Å². The zero-order valence-corrected chi connectivity index (χ0v) is 15.1. The molecule has 0 amide bonds. The van der Waals surface area contributed by atoms with Crippen molar-refractivity contribution >= 4 is 34.7 Å². The Labute approximate surface area is 152 Å². The number of hydrogen-bond acceptors (Lipinski definition) is 5. The first-order valence-corrected chi connectivity index (χ1v) is 8.21. The number of anilines is 4. The SMILES string of the molecule is COc1cc(Cl)c(C)cc1Nc1ccnc(Nc2ccc(C)cc2)n1. The summed E-state index contributed by atoms with van der Waals surface area (Å²) in [7, 11) is 1.61. The van der Waals surface area contributed by atoms with Crippen LogP contribution in [0.3, 0.4) is 0 Å². The van der Waals surface area contributed by atoms with Gasteiger partial charge >= 0.3 is 0 Å². The fourth-order valence-electron chi connectivity index (χ4n) is 2.32. The van der Waals surface area contributed by atoms with E-state index in [1.807, 2.05) is 44.2 Å². The van der Waals surface area contributed by atoms with Crippen LogP contribution in [0.4, 0.5) is 23.1 Å². The van der Waals surface area contributed by atoms with Gasteiger partial charge in [0.2, 0.25) is 5.95 Å². The molecule has 0 radical (unpaired) electrons. The summed E-state index contributed by atoms with van der Waals surface area (Å²) in [5.74, 6) is 1.82. The fraction of sp³-hybridized carbons (Fsp3) is 0.158. The van der Waals surface area contributed by atoms with Crippen LogP contribution in [0.25, 0.3) is 0 Å². The van der Waals surface area contributed by atoms with Gasteiger partial charge in [0.15, 0.2) is 0 Å². The Morgan fingerprint density at radius 2 is 1.76 bits per heavy atom. The maximum atomic E-state index is 6.15. The molecule has 2 aromatic carbocycles. The summed E-state index contributed by atoms with van der Waals surface area (Å²) in [5.41, 5.74) is 3.89. The molecule has 0 saturated heterocycles. The van der Waals surface area contributed by atoms with E-state index < -0.39 is 0 Å². The topological polar surface area (TPSA) is 59.1 Å². The molecule has 0 aliphatic heterocycles. The quantitative estimate of drug-likeness (QED) is 0.656. The van der Waals surface area contributed by atoms with Crippen molar-refractivity contribution in [1.29, 1.82) is 0 Å². The van der Waals surface area contributed by atoms with Gasteiger partial charge in [0.05, 0.1) is 12.8 Å². The Hall–Kier alpha value is -2.79. The van der Waals surface area contributed by atoms with Crippen molar-refractivity contribution < 1.29 is 4.74 Å². The van der Waals surface area contributed by atoms with Gasteiger partial charge in [-0.1, -0.05) is 29.3 Å². The van der Waals surface area contributed by atoms with E-state index >= 15 is 0 Å². The molecular formula is C19H19ClN4O. The van der Waals surface area contributed by atoms with Gasteiger partial charge in [0.25, 0.3) is 0 Å². The second-order valence-corrected chi connectivity index (χ2v) is 6.09. The lowest BCUT2D eigenvalue weighted by Gasteiger charge is -2.13. The predicted octanol–water partition coefficient (Wildman–Crippen LogP) is 5.24. The second kappa shape index (κ2) is 7.40. The van der Waals surface area contributed by atoms with Crippen LogP contribution < -0.4 is 15.4 Å². The molecule has 3 aromatic rings. The first-order chi connectivity index (χ1) is 12.0. The third kappa shape index (κ3) is 4.19. The van der Waals surface area contributed by atoms with Crippen LogP contribution in [0.1, 0.15) is 11.1 Å². The molecule has 6 heteroatoms. The highest BCUT2D eigenvalue weighted by molar-refractivity contribution is 6.31. The third-order valence-electron chi connectivity index (χ3n) is 3.71. The van der Waals surface area contributed by atoms with Gasteiger partial charge in [0.1, 0.15) is 11.6 Å². The smallest absolute Gasteiger partial charge is 0.229 e. The lowest BCUT2D eigenvalue weighted by atomic mass is 10.2. The van der Waals surface area contributed by atoms with E-state index in [2.05, 4.69) is 20.6 Å². The minimum absolute atomic E-state index is 0.513. The number of aromatic nitrogens is 2. The van der Waals surface area contributed by atoms with Gasteiger partial charge in [-0.3, -0.25) is 0 Å².